The summed E-state index contributed by atoms with van der Waals surface area (Å²) < 4.78 is 5.55. The SMILES string of the molecule is CSc1ccc(NC(=O)Oc2cc3ccccc3cc2C(=O)Nc2ccc(Cl)cc2)cc1. The monoisotopic (exact) mass is 462 g/mol. The van der Waals surface area contributed by atoms with Gasteiger partial charge in [-0.05, 0) is 77.7 Å². The summed E-state index contributed by atoms with van der Waals surface area (Å²) in [5.41, 5.74) is 1.42. The third kappa shape index (κ3) is 5.22. The van der Waals surface area contributed by atoms with Gasteiger partial charge in [0.1, 0.15) is 5.75 Å². The summed E-state index contributed by atoms with van der Waals surface area (Å²) in [6.07, 6.45) is 1.30. The van der Waals surface area contributed by atoms with Crippen LogP contribution in [-0.2, 0) is 0 Å². The molecule has 4 rings (SSSR count). The molecular weight excluding hydrogens is 444 g/mol. The van der Waals surface area contributed by atoms with E-state index in [0.717, 1.165) is 15.7 Å². The first-order valence-electron chi connectivity index (χ1n) is 9.74. The van der Waals surface area contributed by atoms with Crippen molar-refractivity contribution < 1.29 is 14.3 Å². The maximum absolute atomic E-state index is 13.0. The Labute approximate surface area is 194 Å². The Hall–Kier alpha value is -3.48. The van der Waals surface area contributed by atoms with Gasteiger partial charge in [0.2, 0.25) is 0 Å². The van der Waals surface area contributed by atoms with Gasteiger partial charge in [-0.3, -0.25) is 10.1 Å². The Morgan fingerprint density at radius 2 is 1.41 bits per heavy atom. The van der Waals surface area contributed by atoms with Crippen LogP contribution in [0.4, 0.5) is 16.2 Å². The minimum absolute atomic E-state index is 0.161. The predicted octanol–water partition coefficient (Wildman–Crippen LogP) is 7.08. The zero-order chi connectivity index (χ0) is 22.5. The lowest BCUT2D eigenvalue weighted by Crippen LogP contribution is -2.20. The van der Waals surface area contributed by atoms with Crippen LogP contribution < -0.4 is 15.4 Å². The summed E-state index contributed by atoms with van der Waals surface area (Å²) in [7, 11) is 0. The van der Waals surface area contributed by atoms with Crippen molar-refractivity contribution in [2.24, 2.45) is 0 Å². The number of anilines is 2. The van der Waals surface area contributed by atoms with Crippen molar-refractivity contribution in [2.45, 2.75) is 4.90 Å². The molecule has 0 aromatic heterocycles. The van der Waals surface area contributed by atoms with Crippen molar-refractivity contribution in [1.82, 2.24) is 0 Å². The number of hydrogen-bond donors (Lipinski definition) is 2. The van der Waals surface area contributed by atoms with Gasteiger partial charge in [-0.15, -0.1) is 11.8 Å². The quantitative estimate of drug-likeness (QED) is 0.311. The highest BCUT2D eigenvalue weighted by Crippen LogP contribution is 2.28. The van der Waals surface area contributed by atoms with Gasteiger partial charge in [0.25, 0.3) is 5.91 Å². The summed E-state index contributed by atoms with van der Waals surface area (Å²) in [5.74, 6) is -0.237. The van der Waals surface area contributed by atoms with Gasteiger partial charge >= 0.3 is 6.09 Å². The smallest absolute Gasteiger partial charge is 0.409 e. The largest absolute Gasteiger partial charge is 0.417 e. The van der Waals surface area contributed by atoms with Gasteiger partial charge in [-0.1, -0.05) is 35.9 Å². The number of nitrogens with one attached hydrogen (secondary N) is 2. The Bertz CT molecular complexity index is 1270. The Morgan fingerprint density at radius 1 is 0.812 bits per heavy atom. The van der Waals surface area contributed by atoms with Crippen molar-refractivity contribution in [1.29, 1.82) is 0 Å². The summed E-state index contributed by atoms with van der Waals surface area (Å²) in [6.45, 7) is 0. The van der Waals surface area contributed by atoms with Crippen molar-refractivity contribution >= 4 is 57.5 Å². The normalized spacial score (nSPS) is 10.6. The highest BCUT2D eigenvalue weighted by Gasteiger charge is 2.17. The zero-order valence-electron chi connectivity index (χ0n) is 17.1. The molecule has 32 heavy (non-hydrogen) atoms. The number of thioether (sulfide) groups is 1. The van der Waals surface area contributed by atoms with Gasteiger partial charge in [0, 0.05) is 21.3 Å². The van der Waals surface area contributed by atoms with E-state index in [4.69, 9.17) is 16.3 Å². The lowest BCUT2D eigenvalue weighted by molar-refractivity contribution is 0.102. The van der Waals surface area contributed by atoms with Crippen LogP contribution in [0.3, 0.4) is 0 Å². The van der Waals surface area contributed by atoms with E-state index < -0.39 is 12.0 Å². The lowest BCUT2D eigenvalue weighted by Gasteiger charge is -2.13. The fraction of sp³-hybridized carbons (Fsp3) is 0.0400. The van der Waals surface area contributed by atoms with E-state index in [1.165, 1.54) is 0 Å². The number of amides is 2. The molecule has 7 heteroatoms. The maximum atomic E-state index is 13.0. The number of benzene rings is 4. The second-order valence-corrected chi connectivity index (χ2v) is 8.22. The maximum Gasteiger partial charge on any atom is 0.417 e. The molecule has 0 saturated heterocycles. The Morgan fingerprint density at radius 3 is 2.06 bits per heavy atom. The average molecular weight is 463 g/mol. The van der Waals surface area contributed by atoms with Crippen LogP contribution in [-0.4, -0.2) is 18.3 Å². The average Bonchev–Trinajstić information content (AvgIpc) is 2.80. The first-order valence-corrected chi connectivity index (χ1v) is 11.3. The molecule has 0 unspecified atom stereocenters. The van der Waals surface area contributed by atoms with Crippen LogP contribution in [0.25, 0.3) is 10.8 Å². The second-order valence-electron chi connectivity index (χ2n) is 6.90. The molecule has 2 N–H and O–H groups in total. The highest BCUT2D eigenvalue weighted by atomic mass is 35.5. The van der Waals surface area contributed by atoms with Crippen LogP contribution >= 0.6 is 23.4 Å². The third-order valence-electron chi connectivity index (χ3n) is 4.73. The molecule has 0 aliphatic carbocycles. The molecule has 4 aromatic carbocycles. The van der Waals surface area contributed by atoms with Crippen molar-refractivity contribution in [3.8, 4) is 5.75 Å². The molecule has 0 radical (unpaired) electrons. The molecule has 160 valence electrons. The van der Waals surface area contributed by atoms with E-state index in [0.29, 0.717) is 16.4 Å². The number of carbonyl (C=O) groups excluding carboxylic acids is 2. The third-order valence-corrected chi connectivity index (χ3v) is 5.73. The van der Waals surface area contributed by atoms with Gasteiger partial charge in [-0.25, -0.2) is 4.79 Å². The molecule has 0 fully saturated rings. The highest BCUT2D eigenvalue weighted by molar-refractivity contribution is 7.98. The van der Waals surface area contributed by atoms with E-state index in [1.54, 1.807) is 60.3 Å². The van der Waals surface area contributed by atoms with Crippen LogP contribution in [0.2, 0.25) is 5.02 Å². The van der Waals surface area contributed by atoms with Crippen molar-refractivity contribution in [3.05, 3.63) is 95.5 Å². The molecule has 0 aliphatic rings. The van der Waals surface area contributed by atoms with Gasteiger partial charge < -0.3 is 10.1 Å². The van der Waals surface area contributed by atoms with E-state index in [-0.39, 0.29) is 11.3 Å². The summed E-state index contributed by atoms with van der Waals surface area (Å²) in [5, 5.41) is 7.78. The van der Waals surface area contributed by atoms with Crippen molar-refractivity contribution in [2.75, 3.05) is 16.9 Å². The summed E-state index contributed by atoms with van der Waals surface area (Å²) >= 11 is 7.53. The molecule has 0 heterocycles. The van der Waals surface area contributed by atoms with Crippen LogP contribution in [0.15, 0.2) is 89.8 Å². The minimum Gasteiger partial charge on any atom is -0.409 e. The van der Waals surface area contributed by atoms with E-state index in [9.17, 15) is 9.59 Å². The number of halogens is 1. The molecule has 0 saturated carbocycles. The van der Waals surface area contributed by atoms with Crippen LogP contribution in [0.5, 0.6) is 5.75 Å². The summed E-state index contributed by atoms with van der Waals surface area (Å²) in [6, 6.07) is 25.1. The Kier molecular flexibility index (Phi) is 6.63. The van der Waals surface area contributed by atoms with E-state index in [2.05, 4.69) is 10.6 Å². The zero-order valence-corrected chi connectivity index (χ0v) is 18.7. The molecule has 0 spiro atoms. The first kappa shape index (κ1) is 21.7. The van der Waals surface area contributed by atoms with Crippen LogP contribution in [0, 0.1) is 0 Å². The van der Waals surface area contributed by atoms with Gasteiger partial charge in [-0.2, -0.15) is 0 Å². The molecule has 0 aliphatic heterocycles. The fourth-order valence-corrected chi connectivity index (χ4v) is 3.66. The number of rotatable bonds is 5. The van der Waals surface area contributed by atoms with Gasteiger partial charge in [0.05, 0.1) is 5.56 Å². The van der Waals surface area contributed by atoms with E-state index >= 15 is 0 Å². The molecule has 0 atom stereocenters. The second kappa shape index (κ2) is 9.77. The predicted molar refractivity (Wildman–Crippen MR) is 131 cm³/mol. The topological polar surface area (TPSA) is 67.4 Å². The number of hydrogen-bond acceptors (Lipinski definition) is 4. The van der Waals surface area contributed by atoms with Crippen LogP contribution in [0.1, 0.15) is 10.4 Å². The molecule has 4 aromatic rings. The number of ether oxygens (including phenoxy) is 1. The first-order chi connectivity index (χ1) is 15.5. The molecule has 0 bridgehead atoms. The fourth-order valence-electron chi connectivity index (χ4n) is 3.13. The summed E-state index contributed by atoms with van der Waals surface area (Å²) in [4.78, 5) is 26.7. The Balaban J connectivity index is 1.60. The van der Waals surface area contributed by atoms with Gasteiger partial charge in [0.15, 0.2) is 0 Å². The van der Waals surface area contributed by atoms with E-state index in [1.807, 2.05) is 42.7 Å². The number of fused-ring (bicyclic) bond motifs is 1. The minimum atomic E-state index is -0.683. The number of carbonyl (C=O) groups is 2. The lowest BCUT2D eigenvalue weighted by atomic mass is 10.1. The molecule has 2 amide bonds. The molecule has 5 nitrogen and oxygen atoms in total. The standard InChI is InChI=1S/C25H19ClN2O3S/c1-32-21-12-10-20(11-13-21)28-25(30)31-23-15-17-5-3-2-4-16(17)14-22(23)24(29)27-19-8-6-18(26)7-9-19/h2-15H,1H3,(H,27,29)(H,28,30). The van der Waals surface area contributed by atoms with Crippen molar-refractivity contribution in [3.63, 3.8) is 0 Å². The molecular formula is C25H19ClN2O3S.